The Morgan fingerprint density at radius 2 is 2.06 bits per heavy atom. The summed E-state index contributed by atoms with van der Waals surface area (Å²) in [4.78, 5) is 0. The molecule has 0 spiro atoms. The summed E-state index contributed by atoms with van der Waals surface area (Å²) in [6.07, 6.45) is 5.30. The number of likely N-dealkylation sites (N-methyl/N-ethyl adjacent to an activating group) is 1. The number of rotatable bonds is 5. The summed E-state index contributed by atoms with van der Waals surface area (Å²) in [6.45, 7) is 4.32. The number of hydrogen-bond acceptors (Lipinski definition) is 2. The van der Waals surface area contributed by atoms with Crippen LogP contribution in [0.25, 0.3) is 0 Å². The fourth-order valence-electron chi connectivity index (χ4n) is 2.94. The van der Waals surface area contributed by atoms with Crippen molar-refractivity contribution in [3.8, 4) is 5.75 Å². The third-order valence-corrected chi connectivity index (χ3v) is 3.96. The molecule has 1 saturated carbocycles. The molecule has 1 aromatic carbocycles. The molecule has 0 saturated heterocycles. The first-order chi connectivity index (χ1) is 8.30. The van der Waals surface area contributed by atoms with Crippen molar-refractivity contribution >= 4 is 0 Å². The Hall–Kier alpha value is -1.02. The van der Waals surface area contributed by atoms with E-state index in [-0.39, 0.29) is 0 Å². The first-order valence-corrected chi connectivity index (χ1v) is 6.66. The molecule has 17 heavy (non-hydrogen) atoms. The second-order valence-electron chi connectivity index (χ2n) is 5.00. The molecule has 0 radical (unpaired) electrons. The number of nitrogens with one attached hydrogen (secondary N) is 1. The predicted molar refractivity (Wildman–Crippen MR) is 71.7 cm³/mol. The van der Waals surface area contributed by atoms with Crippen molar-refractivity contribution in [3.05, 3.63) is 29.8 Å². The molecule has 1 aliphatic carbocycles. The van der Waals surface area contributed by atoms with Crippen molar-refractivity contribution in [3.63, 3.8) is 0 Å². The van der Waals surface area contributed by atoms with Gasteiger partial charge in [0.1, 0.15) is 5.75 Å². The van der Waals surface area contributed by atoms with Gasteiger partial charge in [0.15, 0.2) is 0 Å². The van der Waals surface area contributed by atoms with Gasteiger partial charge in [0.25, 0.3) is 0 Å². The molecule has 1 aliphatic rings. The molecule has 0 bridgehead atoms. The predicted octanol–water partition coefficient (Wildman–Crippen LogP) is 3.12. The quantitative estimate of drug-likeness (QED) is 0.843. The fraction of sp³-hybridized carbons (Fsp3) is 0.600. The third-order valence-electron chi connectivity index (χ3n) is 3.96. The monoisotopic (exact) mass is 233 g/mol. The fourth-order valence-corrected chi connectivity index (χ4v) is 2.94. The summed E-state index contributed by atoms with van der Waals surface area (Å²) in [5.74, 6) is 0.977. The molecule has 0 aliphatic heterocycles. The van der Waals surface area contributed by atoms with Crippen LogP contribution in [0.5, 0.6) is 5.75 Å². The van der Waals surface area contributed by atoms with Crippen LogP contribution in [0.3, 0.4) is 0 Å². The van der Waals surface area contributed by atoms with Crippen LogP contribution in [0.15, 0.2) is 24.3 Å². The van der Waals surface area contributed by atoms with E-state index in [4.69, 9.17) is 4.74 Å². The van der Waals surface area contributed by atoms with Crippen LogP contribution in [0, 0.1) is 0 Å². The van der Waals surface area contributed by atoms with E-state index >= 15 is 0 Å². The standard InChI is InChI=1S/C15H23NO/c1-3-16-12-15(9-4-5-10-15)13-7-6-8-14(11-13)17-2/h6-8,11,16H,3-5,9-10,12H2,1-2H3. The first kappa shape index (κ1) is 12.4. The molecule has 0 atom stereocenters. The Balaban J connectivity index is 2.25. The minimum atomic E-state index is 0.338. The lowest BCUT2D eigenvalue weighted by Crippen LogP contribution is -2.35. The highest BCUT2D eigenvalue weighted by Crippen LogP contribution is 2.41. The normalized spacial score (nSPS) is 18.2. The summed E-state index contributed by atoms with van der Waals surface area (Å²) in [5.41, 5.74) is 1.78. The summed E-state index contributed by atoms with van der Waals surface area (Å²) >= 11 is 0. The summed E-state index contributed by atoms with van der Waals surface area (Å²) < 4.78 is 5.34. The van der Waals surface area contributed by atoms with Crippen molar-refractivity contribution in [1.29, 1.82) is 0 Å². The largest absolute Gasteiger partial charge is 0.497 e. The molecular weight excluding hydrogens is 210 g/mol. The number of hydrogen-bond donors (Lipinski definition) is 1. The highest BCUT2D eigenvalue weighted by atomic mass is 16.5. The average molecular weight is 233 g/mol. The van der Waals surface area contributed by atoms with Crippen LogP contribution in [0.1, 0.15) is 38.2 Å². The van der Waals surface area contributed by atoms with Crippen LogP contribution in [0.2, 0.25) is 0 Å². The van der Waals surface area contributed by atoms with E-state index in [1.54, 1.807) is 7.11 Å². The number of ether oxygens (including phenoxy) is 1. The molecule has 94 valence electrons. The summed E-state index contributed by atoms with van der Waals surface area (Å²) in [6, 6.07) is 8.60. The van der Waals surface area contributed by atoms with Crippen molar-refractivity contribution < 1.29 is 4.74 Å². The maximum absolute atomic E-state index is 5.34. The molecule has 0 amide bonds. The van der Waals surface area contributed by atoms with Gasteiger partial charge in [-0.15, -0.1) is 0 Å². The van der Waals surface area contributed by atoms with E-state index in [9.17, 15) is 0 Å². The van der Waals surface area contributed by atoms with Gasteiger partial charge in [0, 0.05) is 12.0 Å². The molecule has 2 nitrogen and oxygen atoms in total. The van der Waals surface area contributed by atoms with E-state index in [0.717, 1.165) is 18.8 Å². The van der Waals surface area contributed by atoms with Crippen LogP contribution >= 0.6 is 0 Å². The van der Waals surface area contributed by atoms with E-state index in [1.807, 2.05) is 6.07 Å². The van der Waals surface area contributed by atoms with Crippen molar-refractivity contribution in [1.82, 2.24) is 5.32 Å². The molecule has 0 heterocycles. The van der Waals surface area contributed by atoms with E-state index in [1.165, 1.54) is 31.2 Å². The van der Waals surface area contributed by atoms with E-state index in [2.05, 4.69) is 30.4 Å². The minimum Gasteiger partial charge on any atom is -0.497 e. The van der Waals surface area contributed by atoms with E-state index < -0.39 is 0 Å². The molecule has 2 heteroatoms. The lowest BCUT2D eigenvalue weighted by molar-refractivity contribution is 0.396. The SMILES string of the molecule is CCNCC1(c2cccc(OC)c2)CCCC1. The summed E-state index contributed by atoms with van der Waals surface area (Å²) in [7, 11) is 1.74. The minimum absolute atomic E-state index is 0.338. The van der Waals surface area contributed by atoms with Gasteiger partial charge >= 0.3 is 0 Å². The van der Waals surface area contributed by atoms with Gasteiger partial charge in [0.05, 0.1) is 7.11 Å². The van der Waals surface area contributed by atoms with Gasteiger partial charge in [0.2, 0.25) is 0 Å². The number of methoxy groups -OCH3 is 1. The van der Waals surface area contributed by atoms with Crippen LogP contribution in [-0.4, -0.2) is 20.2 Å². The second-order valence-corrected chi connectivity index (χ2v) is 5.00. The highest BCUT2D eigenvalue weighted by molar-refractivity contribution is 5.35. The van der Waals surface area contributed by atoms with Gasteiger partial charge in [-0.25, -0.2) is 0 Å². The summed E-state index contributed by atoms with van der Waals surface area (Å²) in [5, 5.41) is 3.53. The second kappa shape index (κ2) is 5.54. The van der Waals surface area contributed by atoms with Crippen LogP contribution < -0.4 is 10.1 Å². The first-order valence-electron chi connectivity index (χ1n) is 6.66. The molecule has 2 rings (SSSR count). The lowest BCUT2D eigenvalue weighted by atomic mass is 9.78. The van der Waals surface area contributed by atoms with Gasteiger partial charge in [-0.05, 0) is 37.1 Å². The average Bonchev–Trinajstić information content (AvgIpc) is 2.86. The van der Waals surface area contributed by atoms with Crippen LogP contribution in [0.4, 0.5) is 0 Å². The Morgan fingerprint density at radius 1 is 1.29 bits per heavy atom. The van der Waals surface area contributed by atoms with Gasteiger partial charge in [-0.2, -0.15) is 0 Å². The Bertz CT molecular complexity index is 356. The Kier molecular flexibility index (Phi) is 4.06. The van der Waals surface area contributed by atoms with Gasteiger partial charge < -0.3 is 10.1 Å². The molecule has 1 N–H and O–H groups in total. The third kappa shape index (κ3) is 2.63. The Labute approximate surface area is 104 Å². The molecule has 0 unspecified atom stereocenters. The molecule has 1 fully saturated rings. The maximum atomic E-state index is 5.34. The zero-order chi connectivity index (χ0) is 12.1. The molecule has 0 aromatic heterocycles. The topological polar surface area (TPSA) is 21.3 Å². The lowest BCUT2D eigenvalue weighted by Gasteiger charge is -2.30. The highest BCUT2D eigenvalue weighted by Gasteiger charge is 2.35. The van der Waals surface area contributed by atoms with Gasteiger partial charge in [-0.1, -0.05) is 31.9 Å². The molecule has 1 aromatic rings. The van der Waals surface area contributed by atoms with E-state index in [0.29, 0.717) is 5.41 Å². The van der Waals surface area contributed by atoms with Crippen molar-refractivity contribution in [2.24, 2.45) is 0 Å². The van der Waals surface area contributed by atoms with Crippen LogP contribution in [-0.2, 0) is 5.41 Å². The number of benzene rings is 1. The smallest absolute Gasteiger partial charge is 0.119 e. The zero-order valence-electron chi connectivity index (χ0n) is 11.0. The van der Waals surface area contributed by atoms with Crippen molar-refractivity contribution in [2.75, 3.05) is 20.2 Å². The molecular formula is C15H23NO. The maximum Gasteiger partial charge on any atom is 0.119 e. The van der Waals surface area contributed by atoms with Gasteiger partial charge in [-0.3, -0.25) is 0 Å². The zero-order valence-corrected chi connectivity index (χ0v) is 11.0. The van der Waals surface area contributed by atoms with Crippen molar-refractivity contribution in [2.45, 2.75) is 38.0 Å². The Morgan fingerprint density at radius 3 is 2.71 bits per heavy atom.